The number of hydrogen-bond donors (Lipinski definition) is 2. The zero-order chi connectivity index (χ0) is 14.1. The number of aromatic nitrogens is 2. The van der Waals surface area contributed by atoms with Crippen LogP contribution in [-0.2, 0) is 0 Å². The van der Waals surface area contributed by atoms with Crippen molar-refractivity contribution in [1.29, 1.82) is 0 Å². The Balaban J connectivity index is 1.99. The van der Waals surface area contributed by atoms with Crippen LogP contribution in [0.2, 0.25) is 5.02 Å². The number of nitrogens with two attached hydrogens (primary N) is 1. The van der Waals surface area contributed by atoms with Crippen LogP contribution < -0.4 is 5.73 Å². The molecule has 100 valence electrons. The molecule has 0 spiro atoms. The minimum absolute atomic E-state index is 0.143. The van der Waals surface area contributed by atoms with E-state index < -0.39 is 0 Å². The molecule has 20 heavy (non-hydrogen) atoms. The summed E-state index contributed by atoms with van der Waals surface area (Å²) in [5, 5.41) is 13.8. The quantitative estimate of drug-likeness (QED) is 0.706. The topological polar surface area (TPSA) is 85.2 Å². The number of aromatic hydroxyl groups is 1. The van der Waals surface area contributed by atoms with Gasteiger partial charge in [0.15, 0.2) is 0 Å². The molecule has 0 atom stereocenters. The van der Waals surface area contributed by atoms with Gasteiger partial charge in [0.05, 0.1) is 10.7 Å². The van der Waals surface area contributed by atoms with Gasteiger partial charge in [0.1, 0.15) is 5.75 Å². The Morgan fingerprint density at radius 2 is 1.95 bits per heavy atom. The summed E-state index contributed by atoms with van der Waals surface area (Å²) >= 11 is 5.87. The first kappa shape index (κ1) is 12.5. The summed E-state index contributed by atoms with van der Waals surface area (Å²) in [6, 6.07) is 11.7. The van der Waals surface area contributed by atoms with Crippen LogP contribution in [0.1, 0.15) is 0 Å². The van der Waals surface area contributed by atoms with E-state index in [1.807, 2.05) is 0 Å². The highest BCUT2D eigenvalue weighted by Crippen LogP contribution is 2.28. The Morgan fingerprint density at radius 3 is 2.70 bits per heavy atom. The van der Waals surface area contributed by atoms with Crippen molar-refractivity contribution in [1.82, 2.24) is 10.1 Å². The Labute approximate surface area is 119 Å². The van der Waals surface area contributed by atoms with Crippen molar-refractivity contribution >= 4 is 17.3 Å². The molecule has 5 nitrogen and oxygen atoms in total. The number of anilines is 1. The van der Waals surface area contributed by atoms with Gasteiger partial charge in [-0.2, -0.15) is 4.98 Å². The Kier molecular flexibility index (Phi) is 3.04. The van der Waals surface area contributed by atoms with Gasteiger partial charge in [-0.05, 0) is 30.3 Å². The number of nitrogens with zero attached hydrogens (tertiary/aromatic N) is 2. The molecule has 0 aliphatic heterocycles. The molecule has 0 fully saturated rings. The van der Waals surface area contributed by atoms with Crippen molar-refractivity contribution in [2.75, 3.05) is 5.73 Å². The molecule has 0 saturated carbocycles. The third kappa shape index (κ3) is 2.31. The maximum atomic E-state index is 9.45. The van der Waals surface area contributed by atoms with Gasteiger partial charge in [-0.1, -0.05) is 28.9 Å². The lowest BCUT2D eigenvalue weighted by atomic mass is 10.2. The summed E-state index contributed by atoms with van der Waals surface area (Å²) in [5.74, 6) is 0.876. The molecule has 0 bridgehead atoms. The number of benzene rings is 2. The molecule has 1 heterocycles. The molecule has 2 aromatic carbocycles. The molecule has 0 unspecified atom stereocenters. The molecule has 3 aromatic rings. The lowest BCUT2D eigenvalue weighted by molar-refractivity contribution is 0.432. The van der Waals surface area contributed by atoms with Gasteiger partial charge in [-0.15, -0.1) is 0 Å². The van der Waals surface area contributed by atoms with Crippen molar-refractivity contribution in [3.05, 3.63) is 47.5 Å². The molecule has 1 aromatic heterocycles. The van der Waals surface area contributed by atoms with E-state index in [1.165, 1.54) is 0 Å². The summed E-state index contributed by atoms with van der Waals surface area (Å²) < 4.78 is 5.20. The predicted octanol–water partition coefficient (Wildman–Crippen LogP) is 3.34. The first-order chi connectivity index (χ1) is 9.63. The second kappa shape index (κ2) is 4.86. The monoisotopic (exact) mass is 287 g/mol. The van der Waals surface area contributed by atoms with Crippen molar-refractivity contribution in [3.63, 3.8) is 0 Å². The fraction of sp³-hybridized carbons (Fsp3) is 0. The molecular weight excluding hydrogens is 278 g/mol. The highest BCUT2D eigenvalue weighted by atomic mass is 35.5. The summed E-state index contributed by atoms with van der Waals surface area (Å²) in [7, 11) is 0. The van der Waals surface area contributed by atoms with Crippen LogP contribution in [0.3, 0.4) is 0 Å². The van der Waals surface area contributed by atoms with Gasteiger partial charge in [0.2, 0.25) is 5.82 Å². The summed E-state index contributed by atoms with van der Waals surface area (Å²) in [4.78, 5) is 4.28. The van der Waals surface area contributed by atoms with Crippen molar-refractivity contribution in [2.24, 2.45) is 0 Å². The zero-order valence-electron chi connectivity index (χ0n) is 10.2. The van der Waals surface area contributed by atoms with Crippen LogP contribution in [0.15, 0.2) is 47.0 Å². The largest absolute Gasteiger partial charge is 0.508 e. The highest BCUT2D eigenvalue weighted by molar-refractivity contribution is 6.33. The molecule has 6 heteroatoms. The van der Waals surface area contributed by atoms with Crippen molar-refractivity contribution in [3.8, 4) is 28.6 Å². The second-order valence-corrected chi connectivity index (χ2v) is 4.62. The SMILES string of the molecule is Nc1cc(-c2nc(-c3cccc(O)c3)no2)ccc1Cl. The van der Waals surface area contributed by atoms with Crippen LogP contribution in [0, 0.1) is 0 Å². The van der Waals surface area contributed by atoms with E-state index >= 15 is 0 Å². The molecule has 0 aliphatic carbocycles. The summed E-state index contributed by atoms with van der Waals surface area (Å²) in [6.07, 6.45) is 0. The van der Waals surface area contributed by atoms with Gasteiger partial charge in [-0.3, -0.25) is 0 Å². The third-order valence-corrected chi connectivity index (χ3v) is 3.12. The number of rotatable bonds is 2. The van der Waals surface area contributed by atoms with Crippen LogP contribution in [0.25, 0.3) is 22.8 Å². The Bertz CT molecular complexity index is 771. The first-order valence-corrected chi connectivity index (χ1v) is 6.20. The van der Waals surface area contributed by atoms with Crippen LogP contribution >= 0.6 is 11.6 Å². The first-order valence-electron chi connectivity index (χ1n) is 5.82. The molecule has 0 amide bonds. The maximum absolute atomic E-state index is 9.45. The van der Waals surface area contributed by atoms with E-state index in [2.05, 4.69) is 10.1 Å². The fourth-order valence-corrected chi connectivity index (χ4v) is 1.90. The van der Waals surface area contributed by atoms with Gasteiger partial charge in [0, 0.05) is 11.1 Å². The Morgan fingerprint density at radius 1 is 1.10 bits per heavy atom. The number of phenols is 1. The Hall–Kier alpha value is -2.53. The normalized spacial score (nSPS) is 10.7. The standard InChI is InChI=1S/C14H10ClN3O2/c15-11-5-4-9(7-12(11)16)14-17-13(18-20-14)8-2-1-3-10(19)6-8/h1-7,19H,16H2. The zero-order valence-corrected chi connectivity index (χ0v) is 11.0. The van der Waals surface area contributed by atoms with Gasteiger partial charge in [-0.25, -0.2) is 0 Å². The van der Waals surface area contributed by atoms with Crippen molar-refractivity contribution < 1.29 is 9.63 Å². The van der Waals surface area contributed by atoms with E-state index in [9.17, 15) is 5.11 Å². The van der Waals surface area contributed by atoms with Gasteiger partial charge < -0.3 is 15.4 Å². The number of hydrogen-bond acceptors (Lipinski definition) is 5. The lowest BCUT2D eigenvalue weighted by Crippen LogP contribution is -1.87. The molecule has 3 rings (SSSR count). The molecule has 3 N–H and O–H groups in total. The predicted molar refractivity (Wildman–Crippen MR) is 76.3 cm³/mol. The molecule has 0 radical (unpaired) electrons. The van der Waals surface area contributed by atoms with Crippen LogP contribution in [-0.4, -0.2) is 15.2 Å². The molecular formula is C14H10ClN3O2. The van der Waals surface area contributed by atoms with E-state index in [0.29, 0.717) is 33.6 Å². The van der Waals surface area contributed by atoms with Crippen LogP contribution in [0.4, 0.5) is 5.69 Å². The fourth-order valence-electron chi connectivity index (χ4n) is 1.78. The minimum atomic E-state index is 0.143. The number of phenolic OH excluding ortho intramolecular Hbond substituents is 1. The lowest BCUT2D eigenvalue weighted by Gasteiger charge is -1.99. The average molecular weight is 288 g/mol. The second-order valence-electron chi connectivity index (χ2n) is 4.21. The maximum Gasteiger partial charge on any atom is 0.258 e. The van der Waals surface area contributed by atoms with Crippen LogP contribution in [0.5, 0.6) is 5.75 Å². The van der Waals surface area contributed by atoms with Crippen molar-refractivity contribution in [2.45, 2.75) is 0 Å². The molecule has 0 aliphatic rings. The number of nitrogen functional groups attached to an aromatic ring is 1. The molecule has 0 saturated heterocycles. The van der Waals surface area contributed by atoms with Gasteiger partial charge in [0.25, 0.3) is 5.89 Å². The summed E-state index contributed by atoms with van der Waals surface area (Å²) in [5.41, 5.74) is 7.54. The number of halogens is 1. The minimum Gasteiger partial charge on any atom is -0.508 e. The summed E-state index contributed by atoms with van der Waals surface area (Å²) in [6.45, 7) is 0. The van der Waals surface area contributed by atoms with E-state index in [1.54, 1.807) is 42.5 Å². The smallest absolute Gasteiger partial charge is 0.258 e. The average Bonchev–Trinajstić information content (AvgIpc) is 2.92. The highest BCUT2D eigenvalue weighted by Gasteiger charge is 2.11. The third-order valence-electron chi connectivity index (χ3n) is 2.77. The van der Waals surface area contributed by atoms with E-state index in [4.69, 9.17) is 21.9 Å². The van der Waals surface area contributed by atoms with E-state index in [-0.39, 0.29) is 5.75 Å². The van der Waals surface area contributed by atoms with Gasteiger partial charge >= 0.3 is 0 Å². The van der Waals surface area contributed by atoms with E-state index in [0.717, 1.165) is 0 Å².